The van der Waals surface area contributed by atoms with Gasteiger partial charge in [0, 0.05) is 19.0 Å². The molecule has 1 unspecified atom stereocenters. The Balaban J connectivity index is 1.97. The summed E-state index contributed by atoms with van der Waals surface area (Å²) in [6.07, 6.45) is 6.36. The van der Waals surface area contributed by atoms with Crippen LogP contribution in [0.4, 0.5) is 0 Å². The zero-order valence-corrected chi connectivity index (χ0v) is 12.7. The van der Waals surface area contributed by atoms with Crippen LogP contribution in [0.1, 0.15) is 58.8 Å². The van der Waals surface area contributed by atoms with Crippen LogP contribution < -0.4 is 0 Å². The molecule has 1 atom stereocenters. The predicted molar refractivity (Wildman–Crippen MR) is 77.3 cm³/mol. The summed E-state index contributed by atoms with van der Waals surface area (Å²) in [4.78, 5) is 25.9. The lowest BCUT2D eigenvalue weighted by Crippen LogP contribution is -2.40. The fourth-order valence-corrected chi connectivity index (χ4v) is 3.79. The quantitative estimate of drug-likeness (QED) is 0.862. The number of nitrogens with zero attached hydrogens (tertiary/aromatic N) is 1. The number of carbonyl (C=O) groups is 2. The number of aliphatic carboxylic acids is 1. The van der Waals surface area contributed by atoms with Gasteiger partial charge in [-0.15, -0.1) is 0 Å². The van der Waals surface area contributed by atoms with Crippen molar-refractivity contribution in [3.63, 3.8) is 0 Å². The van der Waals surface area contributed by atoms with Crippen LogP contribution in [0.5, 0.6) is 0 Å². The van der Waals surface area contributed by atoms with Gasteiger partial charge in [0.2, 0.25) is 5.91 Å². The van der Waals surface area contributed by atoms with Crippen LogP contribution in [0.2, 0.25) is 0 Å². The van der Waals surface area contributed by atoms with Crippen molar-refractivity contribution in [1.29, 1.82) is 0 Å². The molecule has 1 saturated heterocycles. The van der Waals surface area contributed by atoms with Gasteiger partial charge in [-0.1, -0.05) is 20.3 Å². The van der Waals surface area contributed by atoms with Crippen LogP contribution >= 0.6 is 0 Å². The Morgan fingerprint density at radius 1 is 1.25 bits per heavy atom. The standard InChI is InChI=1S/C16H27NO3/c1-3-8-16(15(19)20)9-10-17(11-16)14(18)13-6-4-12(2)5-7-13/h12-13H,3-11H2,1-2H3,(H,19,20). The number of amides is 1. The molecule has 1 N–H and O–H groups in total. The number of carbonyl (C=O) groups excluding carboxylic acids is 1. The summed E-state index contributed by atoms with van der Waals surface area (Å²) in [5.74, 6) is 0.344. The second kappa shape index (κ2) is 6.15. The Bertz CT molecular complexity index is 374. The number of likely N-dealkylation sites (tertiary alicyclic amines) is 1. The molecule has 0 radical (unpaired) electrons. The van der Waals surface area contributed by atoms with Crippen LogP contribution in [-0.2, 0) is 9.59 Å². The smallest absolute Gasteiger partial charge is 0.311 e. The van der Waals surface area contributed by atoms with Gasteiger partial charge in [-0.25, -0.2) is 0 Å². The van der Waals surface area contributed by atoms with Gasteiger partial charge in [0.15, 0.2) is 0 Å². The van der Waals surface area contributed by atoms with Crippen molar-refractivity contribution in [3.05, 3.63) is 0 Å². The second-order valence-corrected chi connectivity index (χ2v) is 6.80. The highest BCUT2D eigenvalue weighted by atomic mass is 16.4. The topological polar surface area (TPSA) is 57.6 Å². The van der Waals surface area contributed by atoms with E-state index in [9.17, 15) is 14.7 Å². The first-order valence-electron chi connectivity index (χ1n) is 8.00. The summed E-state index contributed by atoms with van der Waals surface area (Å²) in [6.45, 7) is 5.29. The molecule has 2 aliphatic rings. The highest BCUT2D eigenvalue weighted by molar-refractivity contribution is 5.82. The van der Waals surface area contributed by atoms with Crippen molar-refractivity contribution in [2.24, 2.45) is 17.3 Å². The minimum Gasteiger partial charge on any atom is -0.481 e. The third-order valence-electron chi connectivity index (χ3n) is 5.21. The van der Waals surface area contributed by atoms with E-state index in [4.69, 9.17) is 0 Å². The average molecular weight is 281 g/mol. The maximum absolute atomic E-state index is 12.6. The fraction of sp³-hybridized carbons (Fsp3) is 0.875. The van der Waals surface area contributed by atoms with Gasteiger partial charge in [0.05, 0.1) is 5.41 Å². The van der Waals surface area contributed by atoms with Crippen molar-refractivity contribution in [2.45, 2.75) is 58.8 Å². The minimum absolute atomic E-state index is 0.137. The monoisotopic (exact) mass is 281 g/mol. The van der Waals surface area contributed by atoms with Crippen molar-refractivity contribution in [2.75, 3.05) is 13.1 Å². The zero-order chi connectivity index (χ0) is 14.8. The van der Waals surface area contributed by atoms with Crippen LogP contribution in [0.25, 0.3) is 0 Å². The molecule has 114 valence electrons. The number of hydrogen-bond donors (Lipinski definition) is 1. The Kier molecular flexibility index (Phi) is 4.71. The molecule has 0 aromatic rings. The lowest BCUT2D eigenvalue weighted by Gasteiger charge is -2.30. The van der Waals surface area contributed by atoms with Gasteiger partial charge in [-0.05, 0) is 44.4 Å². The summed E-state index contributed by atoms with van der Waals surface area (Å²) in [7, 11) is 0. The molecule has 1 heterocycles. The Labute approximate surface area is 121 Å². The minimum atomic E-state index is -0.730. The van der Waals surface area contributed by atoms with Crippen LogP contribution in [-0.4, -0.2) is 35.0 Å². The highest BCUT2D eigenvalue weighted by Crippen LogP contribution is 2.38. The van der Waals surface area contributed by atoms with E-state index in [1.807, 2.05) is 11.8 Å². The maximum atomic E-state index is 12.6. The largest absolute Gasteiger partial charge is 0.481 e. The highest BCUT2D eigenvalue weighted by Gasteiger charge is 2.46. The third kappa shape index (κ3) is 2.99. The van der Waals surface area contributed by atoms with Crippen molar-refractivity contribution < 1.29 is 14.7 Å². The molecule has 0 aromatic heterocycles. The molecule has 2 rings (SSSR count). The molecular weight excluding hydrogens is 254 g/mol. The van der Waals surface area contributed by atoms with Gasteiger partial charge in [-0.2, -0.15) is 0 Å². The normalized spacial score (nSPS) is 34.2. The summed E-state index contributed by atoms with van der Waals surface area (Å²) in [5.41, 5.74) is -0.688. The molecule has 4 nitrogen and oxygen atoms in total. The van der Waals surface area contributed by atoms with Gasteiger partial charge in [0.25, 0.3) is 0 Å². The van der Waals surface area contributed by atoms with E-state index in [-0.39, 0.29) is 11.8 Å². The average Bonchev–Trinajstić information content (AvgIpc) is 2.85. The summed E-state index contributed by atoms with van der Waals surface area (Å²) < 4.78 is 0. The molecule has 1 aliphatic carbocycles. The summed E-state index contributed by atoms with van der Waals surface area (Å²) >= 11 is 0. The van der Waals surface area contributed by atoms with Gasteiger partial charge in [-0.3, -0.25) is 9.59 Å². The van der Waals surface area contributed by atoms with E-state index in [0.29, 0.717) is 25.9 Å². The lowest BCUT2D eigenvalue weighted by molar-refractivity contribution is -0.149. The van der Waals surface area contributed by atoms with Crippen molar-refractivity contribution in [1.82, 2.24) is 4.90 Å². The first-order chi connectivity index (χ1) is 9.48. The molecule has 0 aromatic carbocycles. The molecule has 1 amide bonds. The van der Waals surface area contributed by atoms with E-state index in [2.05, 4.69) is 6.92 Å². The van der Waals surface area contributed by atoms with Crippen molar-refractivity contribution in [3.8, 4) is 0 Å². The van der Waals surface area contributed by atoms with E-state index >= 15 is 0 Å². The molecule has 1 aliphatic heterocycles. The van der Waals surface area contributed by atoms with Crippen LogP contribution in [0.3, 0.4) is 0 Å². The molecule has 1 saturated carbocycles. The first kappa shape index (κ1) is 15.3. The molecule has 0 bridgehead atoms. The molecular formula is C16H27NO3. The molecule has 4 heteroatoms. The first-order valence-corrected chi connectivity index (χ1v) is 8.00. The molecule has 20 heavy (non-hydrogen) atoms. The van der Waals surface area contributed by atoms with Gasteiger partial charge in [0.1, 0.15) is 0 Å². The van der Waals surface area contributed by atoms with Gasteiger partial charge < -0.3 is 10.0 Å². The number of carboxylic acid groups (broad SMARTS) is 1. The van der Waals surface area contributed by atoms with Gasteiger partial charge >= 0.3 is 5.97 Å². The van der Waals surface area contributed by atoms with E-state index in [1.165, 1.54) is 0 Å². The fourth-order valence-electron chi connectivity index (χ4n) is 3.79. The Morgan fingerprint density at radius 3 is 2.45 bits per heavy atom. The van der Waals surface area contributed by atoms with Crippen LogP contribution in [0, 0.1) is 17.3 Å². The summed E-state index contributed by atoms with van der Waals surface area (Å²) in [5, 5.41) is 9.50. The molecule has 0 spiro atoms. The Morgan fingerprint density at radius 2 is 1.90 bits per heavy atom. The zero-order valence-electron chi connectivity index (χ0n) is 12.7. The van der Waals surface area contributed by atoms with Crippen LogP contribution in [0.15, 0.2) is 0 Å². The Hall–Kier alpha value is -1.06. The van der Waals surface area contributed by atoms with E-state index in [1.54, 1.807) is 0 Å². The number of rotatable bonds is 4. The predicted octanol–water partition coefficient (Wildman–Crippen LogP) is 2.92. The summed E-state index contributed by atoms with van der Waals surface area (Å²) in [6, 6.07) is 0. The maximum Gasteiger partial charge on any atom is 0.311 e. The van der Waals surface area contributed by atoms with E-state index < -0.39 is 11.4 Å². The third-order valence-corrected chi connectivity index (χ3v) is 5.21. The molecule has 2 fully saturated rings. The number of hydrogen-bond acceptors (Lipinski definition) is 2. The second-order valence-electron chi connectivity index (χ2n) is 6.80. The lowest BCUT2D eigenvalue weighted by atomic mass is 9.81. The SMILES string of the molecule is CCCC1(C(=O)O)CCN(C(=O)C2CCC(C)CC2)C1. The number of carboxylic acids is 1. The van der Waals surface area contributed by atoms with E-state index in [0.717, 1.165) is 38.0 Å². The van der Waals surface area contributed by atoms with Crippen molar-refractivity contribution >= 4 is 11.9 Å².